The number of carbonyl (C=O) groups excluding carboxylic acids is 1. The predicted octanol–water partition coefficient (Wildman–Crippen LogP) is 2.01. The molecule has 18 heavy (non-hydrogen) atoms. The second kappa shape index (κ2) is 9.68. The number of nitrogens with two attached hydrogens (primary N) is 1. The summed E-state index contributed by atoms with van der Waals surface area (Å²) in [6.45, 7) is 5.38. The van der Waals surface area contributed by atoms with Crippen LogP contribution in [-0.2, 0) is 11.2 Å². The van der Waals surface area contributed by atoms with Crippen molar-refractivity contribution in [2.24, 2.45) is 5.73 Å². The van der Waals surface area contributed by atoms with Crippen LogP contribution in [-0.4, -0.2) is 30.4 Å². The highest BCUT2D eigenvalue weighted by Gasteiger charge is 2.10. The molecule has 1 amide bonds. The Morgan fingerprint density at radius 2 is 2.00 bits per heavy atom. The fourth-order valence-electron chi connectivity index (χ4n) is 1.66. The summed E-state index contributed by atoms with van der Waals surface area (Å²) in [4.78, 5) is 13.6. The van der Waals surface area contributed by atoms with Crippen LogP contribution in [0.4, 0.5) is 0 Å². The first kappa shape index (κ1) is 16.7. The van der Waals surface area contributed by atoms with Crippen LogP contribution in [0.5, 0.6) is 0 Å². The lowest BCUT2D eigenvalue weighted by atomic mass is 10.1. The Bertz CT molecular complexity index is 354. The number of amides is 1. The quantitative estimate of drug-likeness (QED) is 0.769. The van der Waals surface area contributed by atoms with Gasteiger partial charge >= 0.3 is 0 Å². The van der Waals surface area contributed by atoms with Crippen molar-refractivity contribution in [2.75, 3.05) is 19.6 Å². The summed E-state index contributed by atoms with van der Waals surface area (Å²) in [7, 11) is 0. The smallest absolute Gasteiger partial charge is 0.224 e. The first-order chi connectivity index (χ1) is 8.27. The van der Waals surface area contributed by atoms with Crippen molar-refractivity contribution in [1.82, 2.24) is 4.90 Å². The zero-order valence-electron chi connectivity index (χ0n) is 10.5. The van der Waals surface area contributed by atoms with Crippen molar-refractivity contribution in [3.63, 3.8) is 0 Å². The van der Waals surface area contributed by atoms with Gasteiger partial charge in [-0.2, -0.15) is 0 Å². The Morgan fingerprint density at radius 3 is 2.56 bits per heavy atom. The molecule has 3 nitrogen and oxygen atoms in total. The lowest BCUT2D eigenvalue weighted by Gasteiger charge is -2.20. The minimum atomic E-state index is 0. The molecule has 4 heteroatoms. The lowest BCUT2D eigenvalue weighted by Crippen LogP contribution is -2.34. The summed E-state index contributed by atoms with van der Waals surface area (Å²) >= 11 is 0. The van der Waals surface area contributed by atoms with E-state index in [9.17, 15) is 4.79 Å². The normalized spacial score (nSPS) is 9.39. The molecule has 0 aliphatic carbocycles. The second-order valence-electron chi connectivity index (χ2n) is 3.90. The molecule has 0 spiro atoms. The molecule has 0 aromatic heterocycles. The number of rotatable bonds is 7. The molecule has 1 aromatic rings. The van der Waals surface area contributed by atoms with E-state index in [0.29, 0.717) is 19.5 Å². The Labute approximate surface area is 115 Å². The van der Waals surface area contributed by atoms with E-state index in [1.807, 2.05) is 18.2 Å². The van der Waals surface area contributed by atoms with Crippen LogP contribution < -0.4 is 5.73 Å². The Kier molecular flexibility index (Phi) is 8.97. The van der Waals surface area contributed by atoms with E-state index in [2.05, 4.69) is 18.7 Å². The molecule has 0 saturated carbocycles. The molecule has 0 aliphatic heterocycles. The second-order valence-corrected chi connectivity index (χ2v) is 3.90. The van der Waals surface area contributed by atoms with Crippen molar-refractivity contribution in [2.45, 2.75) is 12.8 Å². The van der Waals surface area contributed by atoms with Gasteiger partial charge in [0.1, 0.15) is 0 Å². The number of halogens is 1. The van der Waals surface area contributed by atoms with Crippen LogP contribution in [0.2, 0.25) is 0 Å². The third-order valence-corrected chi connectivity index (χ3v) is 2.57. The van der Waals surface area contributed by atoms with Crippen LogP contribution >= 0.6 is 12.4 Å². The van der Waals surface area contributed by atoms with Crippen molar-refractivity contribution >= 4 is 18.3 Å². The Balaban J connectivity index is 0.00000289. The van der Waals surface area contributed by atoms with Gasteiger partial charge in [0.25, 0.3) is 0 Å². The summed E-state index contributed by atoms with van der Waals surface area (Å²) in [5.74, 6) is 0.100. The van der Waals surface area contributed by atoms with Gasteiger partial charge in [-0.15, -0.1) is 19.0 Å². The van der Waals surface area contributed by atoms with Gasteiger partial charge < -0.3 is 10.6 Å². The van der Waals surface area contributed by atoms with Crippen LogP contribution in [0.1, 0.15) is 12.0 Å². The summed E-state index contributed by atoms with van der Waals surface area (Å²) in [5, 5.41) is 0. The zero-order chi connectivity index (χ0) is 12.5. The largest absolute Gasteiger partial charge is 0.339 e. The molecule has 1 rings (SSSR count). The Hall–Kier alpha value is -1.32. The van der Waals surface area contributed by atoms with Crippen molar-refractivity contribution in [3.05, 3.63) is 48.6 Å². The summed E-state index contributed by atoms with van der Waals surface area (Å²) in [5.41, 5.74) is 6.64. The predicted molar refractivity (Wildman–Crippen MR) is 77.8 cm³/mol. The molecule has 0 bridgehead atoms. The van der Waals surface area contributed by atoms with Crippen molar-refractivity contribution in [1.29, 1.82) is 0 Å². The van der Waals surface area contributed by atoms with Gasteiger partial charge in [0.05, 0.1) is 0 Å². The lowest BCUT2D eigenvalue weighted by molar-refractivity contribution is -0.130. The SMILES string of the molecule is C=CCN(CCc1ccccc1)C(=O)CCN.Cl. The number of hydrogen-bond acceptors (Lipinski definition) is 2. The van der Waals surface area contributed by atoms with Crippen molar-refractivity contribution in [3.8, 4) is 0 Å². The molecule has 0 aliphatic rings. The monoisotopic (exact) mass is 268 g/mol. The van der Waals surface area contributed by atoms with E-state index in [1.165, 1.54) is 5.56 Å². The van der Waals surface area contributed by atoms with E-state index in [-0.39, 0.29) is 18.3 Å². The number of carbonyl (C=O) groups is 1. The topological polar surface area (TPSA) is 46.3 Å². The Morgan fingerprint density at radius 1 is 1.33 bits per heavy atom. The number of benzene rings is 1. The van der Waals surface area contributed by atoms with Gasteiger partial charge in [-0.1, -0.05) is 36.4 Å². The highest BCUT2D eigenvalue weighted by atomic mass is 35.5. The third-order valence-electron chi connectivity index (χ3n) is 2.57. The highest BCUT2D eigenvalue weighted by Crippen LogP contribution is 2.03. The summed E-state index contributed by atoms with van der Waals surface area (Å²) in [6, 6.07) is 10.1. The van der Waals surface area contributed by atoms with E-state index in [1.54, 1.807) is 11.0 Å². The standard InChI is InChI=1S/C14H20N2O.ClH/c1-2-11-16(14(17)8-10-15)12-9-13-6-4-3-5-7-13;/h2-7H,1,8-12,15H2;1H. The maximum Gasteiger partial charge on any atom is 0.224 e. The molecule has 0 fully saturated rings. The average Bonchev–Trinajstić information content (AvgIpc) is 2.36. The molecule has 0 saturated heterocycles. The van der Waals surface area contributed by atoms with Gasteiger partial charge in [-0.05, 0) is 12.0 Å². The van der Waals surface area contributed by atoms with Crippen molar-refractivity contribution < 1.29 is 4.79 Å². The molecular formula is C14H21ClN2O. The maximum absolute atomic E-state index is 11.8. The van der Waals surface area contributed by atoms with Gasteiger partial charge in [-0.3, -0.25) is 4.79 Å². The fraction of sp³-hybridized carbons (Fsp3) is 0.357. The van der Waals surface area contributed by atoms with Gasteiger partial charge in [0.15, 0.2) is 0 Å². The first-order valence-electron chi connectivity index (χ1n) is 5.90. The highest BCUT2D eigenvalue weighted by molar-refractivity contribution is 5.85. The van der Waals surface area contributed by atoms with Crippen LogP contribution in [0, 0.1) is 0 Å². The van der Waals surface area contributed by atoms with Crippen LogP contribution in [0.25, 0.3) is 0 Å². The van der Waals surface area contributed by atoms with Gasteiger partial charge in [-0.25, -0.2) is 0 Å². The molecule has 2 N–H and O–H groups in total. The summed E-state index contributed by atoms with van der Waals surface area (Å²) < 4.78 is 0. The minimum Gasteiger partial charge on any atom is -0.339 e. The van der Waals surface area contributed by atoms with Crippen LogP contribution in [0.15, 0.2) is 43.0 Å². The minimum absolute atomic E-state index is 0. The number of hydrogen-bond donors (Lipinski definition) is 1. The molecule has 0 unspecified atom stereocenters. The first-order valence-corrected chi connectivity index (χ1v) is 5.90. The number of nitrogens with zero attached hydrogens (tertiary/aromatic N) is 1. The summed E-state index contributed by atoms with van der Waals surface area (Å²) in [6.07, 6.45) is 3.02. The molecule has 0 heterocycles. The molecule has 1 aromatic carbocycles. The molecule has 0 radical (unpaired) electrons. The molecular weight excluding hydrogens is 248 g/mol. The molecule has 100 valence electrons. The van der Waals surface area contributed by atoms with Gasteiger partial charge in [0.2, 0.25) is 5.91 Å². The van der Waals surface area contributed by atoms with E-state index >= 15 is 0 Å². The van der Waals surface area contributed by atoms with E-state index < -0.39 is 0 Å². The van der Waals surface area contributed by atoms with Crippen LogP contribution in [0.3, 0.4) is 0 Å². The van der Waals surface area contributed by atoms with E-state index in [0.717, 1.165) is 13.0 Å². The van der Waals surface area contributed by atoms with E-state index in [4.69, 9.17) is 5.73 Å². The zero-order valence-corrected chi connectivity index (χ0v) is 11.4. The fourth-order valence-corrected chi connectivity index (χ4v) is 1.66. The van der Waals surface area contributed by atoms with Gasteiger partial charge in [0, 0.05) is 26.1 Å². The average molecular weight is 269 g/mol. The third kappa shape index (κ3) is 5.84. The maximum atomic E-state index is 11.8. The molecule has 0 atom stereocenters.